The fraction of sp³-hybridized carbons (Fsp3) is 0.400. The Labute approximate surface area is 41.8 Å². The average Bonchev–Trinajstić information content (AvgIpc) is 1.58. The zero-order valence-corrected chi connectivity index (χ0v) is 4.10. The topological polar surface area (TPSA) is 26.3 Å². The van der Waals surface area contributed by atoms with Crippen LogP contribution < -0.4 is 0 Å². The minimum absolute atomic E-state index is 0.164. The summed E-state index contributed by atoms with van der Waals surface area (Å²) in [6.45, 7) is 0. The van der Waals surface area contributed by atoms with Crippen molar-refractivity contribution in [2.75, 3.05) is 7.11 Å². The third-order valence-electron chi connectivity index (χ3n) is 0.933. The third kappa shape index (κ3) is 0.633. The van der Waals surface area contributed by atoms with E-state index in [2.05, 4.69) is 0 Å². The molecule has 0 heterocycles. The molecule has 7 heavy (non-hydrogen) atoms. The van der Waals surface area contributed by atoms with Crippen molar-refractivity contribution in [2.24, 2.45) is 0 Å². The van der Waals surface area contributed by atoms with Crippen molar-refractivity contribution in [1.29, 1.82) is 0 Å². The molecule has 0 N–H and O–H groups in total. The summed E-state index contributed by atoms with van der Waals surface area (Å²) in [4.78, 5) is 10.1. The van der Waals surface area contributed by atoms with Crippen LogP contribution in [0.5, 0.6) is 0 Å². The molecular weight excluding hydrogens is 92.1 g/mol. The molecule has 0 aromatic rings. The molecule has 38 valence electrons. The van der Waals surface area contributed by atoms with Crippen molar-refractivity contribution in [3.63, 3.8) is 0 Å². The van der Waals surface area contributed by atoms with Crippen LogP contribution in [0, 0.1) is 0 Å². The van der Waals surface area contributed by atoms with Crippen LogP contribution in [0.25, 0.3) is 0 Å². The maximum Gasteiger partial charge on any atom is 0.166 e. The lowest BCUT2D eigenvalue weighted by atomic mass is 10.1. The van der Waals surface area contributed by atoms with Gasteiger partial charge in [-0.05, 0) is 0 Å². The van der Waals surface area contributed by atoms with Gasteiger partial charge in [0, 0.05) is 6.08 Å². The maximum atomic E-state index is 10.1. The van der Waals surface area contributed by atoms with Crippen molar-refractivity contribution in [3.05, 3.63) is 11.8 Å². The van der Waals surface area contributed by atoms with Gasteiger partial charge in [-0.3, -0.25) is 4.79 Å². The van der Waals surface area contributed by atoms with Gasteiger partial charge in [0.2, 0.25) is 0 Å². The van der Waals surface area contributed by atoms with E-state index in [0.29, 0.717) is 6.42 Å². The van der Waals surface area contributed by atoms with Gasteiger partial charge in [0.05, 0.1) is 13.5 Å². The van der Waals surface area contributed by atoms with Gasteiger partial charge in [-0.15, -0.1) is 0 Å². The minimum atomic E-state index is 0.164. The van der Waals surface area contributed by atoms with Gasteiger partial charge < -0.3 is 4.74 Å². The van der Waals surface area contributed by atoms with Crippen LogP contribution in [0.1, 0.15) is 6.42 Å². The van der Waals surface area contributed by atoms with Crippen molar-refractivity contribution in [3.8, 4) is 0 Å². The maximum absolute atomic E-state index is 10.1. The molecule has 0 radical (unpaired) electrons. The number of ether oxygens (including phenoxy) is 1. The number of carbonyl (C=O) groups is 1. The molecule has 0 unspecified atom stereocenters. The Morgan fingerprint density at radius 1 is 1.86 bits per heavy atom. The summed E-state index contributed by atoms with van der Waals surface area (Å²) in [6, 6.07) is 0. The normalized spacial score (nSPS) is 17.9. The van der Waals surface area contributed by atoms with Crippen molar-refractivity contribution < 1.29 is 9.53 Å². The van der Waals surface area contributed by atoms with E-state index >= 15 is 0 Å². The summed E-state index contributed by atoms with van der Waals surface area (Å²) in [7, 11) is 1.57. The quantitative estimate of drug-likeness (QED) is 0.477. The molecule has 0 saturated heterocycles. The van der Waals surface area contributed by atoms with Crippen molar-refractivity contribution in [1.82, 2.24) is 0 Å². The molecule has 0 aromatic carbocycles. The first-order valence-electron chi connectivity index (χ1n) is 2.10. The molecule has 0 atom stereocenters. The molecule has 1 aliphatic rings. The summed E-state index contributed by atoms with van der Waals surface area (Å²) in [5, 5.41) is 0. The van der Waals surface area contributed by atoms with Gasteiger partial charge in [-0.2, -0.15) is 0 Å². The fourth-order valence-electron chi connectivity index (χ4n) is 0.453. The van der Waals surface area contributed by atoms with Gasteiger partial charge in [-0.25, -0.2) is 0 Å². The fourth-order valence-corrected chi connectivity index (χ4v) is 0.453. The Morgan fingerprint density at radius 3 is 2.57 bits per heavy atom. The zero-order valence-electron chi connectivity index (χ0n) is 4.10. The second kappa shape index (κ2) is 1.37. The van der Waals surface area contributed by atoms with E-state index in [1.165, 1.54) is 6.08 Å². The molecule has 0 bridgehead atoms. The molecule has 0 aliphatic heterocycles. The number of hydrogen-bond acceptors (Lipinski definition) is 2. The Balaban J connectivity index is 2.50. The molecule has 1 aliphatic carbocycles. The lowest BCUT2D eigenvalue weighted by Crippen LogP contribution is -2.08. The number of rotatable bonds is 1. The average molecular weight is 98.1 g/mol. The van der Waals surface area contributed by atoms with E-state index in [4.69, 9.17) is 4.74 Å². The molecule has 0 amide bonds. The Kier molecular flexibility index (Phi) is 0.855. The van der Waals surface area contributed by atoms with Crippen LogP contribution in [0.4, 0.5) is 0 Å². The predicted molar refractivity (Wildman–Crippen MR) is 24.7 cm³/mol. The number of methoxy groups -OCH3 is 1. The van der Waals surface area contributed by atoms with Crippen LogP contribution in [-0.2, 0) is 9.53 Å². The van der Waals surface area contributed by atoms with Gasteiger partial charge in [0.15, 0.2) is 5.78 Å². The van der Waals surface area contributed by atoms with E-state index in [-0.39, 0.29) is 5.78 Å². The van der Waals surface area contributed by atoms with E-state index in [1.807, 2.05) is 0 Å². The van der Waals surface area contributed by atoms with Gasteiger partial charge in [0.1, 0.15) is 5.76 Å². The molecule has 0 saturated carbocycles. The van der Waals surface area contributed by atoms with Gasteiger partial charge in [0.25, 0.3) is 0 Å². The smallest absolute Gasteiger partial charge is 0.166 e. The standard InChI is InChI=1S/C5H6O2/c1-7-5-2-4(6)3-5/h2H,3H2,1H3. The summed E-state index contributed by atoms with van der Waals surface area (Å²) in [5.41, 5.74) is 0. The Bertz CT molecular complexity index is 124. The van der Waals surface area contributed by atoms with Crippen LogP contribution in [0.15, 0.2) is 11.8 Å². The van der Waals surface area contributed by atoms with Crippen molar-refractivity contribution in [2.45, 2.75) is 6.42 Å². The molecule has 2 heteroatoms. The Morgan fingerprint density at radius 2 is 2.43 bits per heavy atom. The highest BCUT2D eigenvalue weighted by atomic mass is 16.5. The van der Waals surface area contributed by atoms with Crippen LogP contribution in [0.3, 0.4) is 0 Å². The Hall–Kier alpha value is -0.790. The van der Waals surface area contributed by atoms with E-state index in [1.54, 1.807) is 7.11 Å². The second-order valence-electron chi connectivity index (χ2n) is 1.46. The molecule has 1 rings (SSSR count). The second-order valence-corrected chi connectivity index (χ2v) is 1.46. The minimum Gasteiger partial charge on any atom is -0.500 e. The molecular formula is C5H6O2. The zero-order chi connectivity index (χ0) is 5.28. The monoisotopic (exact) mass is 98.0 g/mol. The molecule has 0 fully saturated rings. The van der Waals surface area contributed by atoms with Crippen molar-refractivity contribution >= 4 is 5.78 Å². The first-order chi connectivity index (χ1) is 3.33. The highest BCUT2D eigenvalue weighted by Crippen LogP contribution is 2.13. The van der Waals surface area contributed by atoms with Crippen LogP contribution in [-0.4, -0.2) is 12.9 Å². The van der Waals surface area contributed by atoms with Crippen LogP contribution in [0.2, 0.25) is 0 Å². The first-order valence-corrected chi connectivity index (χ1v) is 2.10. The van der Waals surface area contributed by atoms with Crippen LogP contribution >= 0.6 is 0 Å². The summed E-state index contributed by atoms with van der Waals surface area (Å²) in [5.74, 6) is 0.960. The van der Waals surface area contributed by atoms with E-state index < -0.39 is 0 Å². The highest BCUT2D eigenvalue weighted by molar-refractivity contribution is 5.98. The van der Waals surface area contributed by atoms with E-state index in [0.717, 1.165) is 5.76 Å². The first kappa shape index (κ1) is 4.37. The lowest BCUT2D eigenvalue weighted by Gasteiger charge is -2.09. The van der Waals surface area contributed by atoms with Gasteiger partial charge >= 0.3 is 0 Å². The summed E-state index contributed by atoms with van der Waals surface area (Å²) >= 11 is 0. The molecule has 0 aromatic heterocycles. The summed E-state index contributed by atoms with van der Waals surface area (Å²) in [6.07, 6.45) is 2.00. The van der Waals surface area contributed by atoms with E-state index in [9.17, 15) is 4.79 Å². The molecule has 2 nitrogen and oxygen atoms in total. The highest BCUT2D eigenvalue weighted by Gasteiger charge is 2.13. The number of ketones is 1. The number of allylic oxidation sites excluding steroid dienone is 2. The molecule has 0 spiro atoms. The predicted octanol–water partition coefficient (Wildman–Crippen LogP) is 0.489. The van der Waals surface area contributed by atoms with Gasteiger partial charge in [-0.1, -0.05) is 0 Å². The number of carbonyl (C=O) groups excluding carboxylic acids is 1. The lowest BCUT2D eigenvalue weighted by molar-refractivity contribution is -0.116. The SMILES string of the molecule is COC1=CC(=O)C1. The summed E-state index contributed by atoms with van der Waals surface area (Å²) < 4.78 is 4.70. The number of hydrogen-bond donors (Lipinski definition) is 0. The third-order valence-corrected chi connectivity index (χ3v) is 0.933. The largest absolute Gasteiger partial charge is 0.500 e.